The van der Waals surface area contributed by atoms with Crippen LogP contribution in [0.3, 0.4) is 0 Å². The third-order valence-electron chi connectivity index (χ3n) is 5.60. The Kier molecular flexibility index (Phi) is 6.35. The number of aromatic nitrogens is 3. The van der Waals surface area contributed by atoms with Gasteiger partial charge >= 0.3 is 0 Å². The van der Waals surface area contributed by atoms with Gasteiger partial charge in [0.25, 0.3) is 0 Å². The Balaban J connectivity index is 1.63. The summed E-state index contributed by atoms with van der Waals surface area (Å²) in [5, 5.41) is 3.97. The Labute approximate surface area is 176 Å². The molecule has 2 fully saturated rings. The third kappa shape index (κ3) is 4.90. The molecule has 156 valence electrons. The SMILES string of the molecule is COc1cc(-c2cnc(NC3CCC(C)CC3)nc2O[C@@H]2CCOC2)c(Cl)cn1. The fraction of sp³-hybridized carbons (Fsp3) is 0.571. The number of nitrogens with zero attached hydrogens (tertiary/aromatic N) is 3. The lowest BCUT2D eigenvalue weighted by Crippen LogP contribution is -2.26. The van der Waals surface area contributed by atoms with Gasteiger partial charge in [0.1, 0.15) is 6.10 Å². The van der Waals surface area contributed by atoms with E-state index in [1.165, 1.54) is 12.8 Å². The Morgan fingerprint density at radius 3 is 2.66 bits per heavy atom. The standard InChI is InChI=1S/C21H27ClN4O3/c1-13-3-5-14(6-4-13)25-21-24-10-17(16-9-19(27-2)23-11-18(16)22)20(26-21)29-15-7-8-28-12-15/h9-11,13-15H,3-8,12H2,1-2H3,(H,24,25,26)/t13?,14?,15-/m1/s1. The molecule has 0 unspecified atom stereocenters. The normalized spacial score (nSPS) is 24.3. The van der Waals surface area contributed by atoms with E-state index in [-0.39, 0.29) is 6.10 Å². The van der Waals surface area contributed by atoms with E-state index >= 15 is 0 Å². The highest BCUT2D eigenvalue weighted by Gasteiger charge is 2.24. The fourth-order valence-electron chi connectivity index (χ4n) is 3.80. The average molecular weight is 419 g/mol. The minimum atomic E-state index is -0.0328. The van der Waals surface area contributed by atoms with Gasteiger partial charge in [-0.15, -0.1) is 0 Å². The molecular weight excluding hydrogens is 392 g/mol. The molecule has 2 aromatic heterocycles. The lowest BCUT2D eigenvalue weighted by atomic mass is 9.87. The lowest BCUT2D eigenvalue weighted by Gasteiger charge is -2.27. The molecule has 1 aliphatic heterocycles. The summed E-state index contributed by atoms with van der Waals surface area (Å²) in [4.78, 5) is 13.4. The molecule has 29 heavy (non-hydrogen) atoms. The molecule has 0 radical (unpaired) electrons. The summed E-state index contributed by atoms with van der Waals surface area (Å²) < 4.78 is 16.9. The van der Waals surface area contributed by atoms with Crippen LogP contribution in [-0.4, -0.2) is 47.4 Å². The van der Waals surface area contributed by atoms with Crippen molar-refractivity contribution in [3.63, 3.8) is 0 Å². The molecule has 1 saturated carbocycles. The zero-order valence-electron chi connectivity index (χ0n) is 16.9. The first kappa shape index (κ1) is 20.2. The van der Waals surface area contributed by atoms with Gasteiger partial charge in [0.2, 0.25) is 17.7 Å². The molecule has 0 amide bonds. The predicted molar refractivity (Wildman–Crippen MR) is 112 cm³/mol. The molecule has 1 aliphatic carbocycles. The second kappa shape index (κ2) is 9.13. The third-order valence-corrected chi connectivity index (χ3v) is 5.90. The van der Waals surface area contributed by atoms with Crippen molar-refractivity contribution in [1.29, 1.82) is 0 Å². The van der Waals surface area contributed by atoms with Crippen molar-refractivity contribution >= 4 is 17.5 Å². The van der Waals surface area contributed by atoms with Gasteiger partial charge in [-0.2, -0.15) is 4.98 Å². The van der Waals surface area contributed by atoms with Crippen molar-refractivity contribution in [3.05, 3.63) is 23.5 Å². The molecule has 3 heterocycles. The van der Waals surface area contributed by atoms with Crippen LogP contribution in [0.1, 0.15) is 39.0 Å². The molecule has 0 spiro atoms. The van der Waals surface area contributed by atoms with E-state index in [1.54, 1.807) is 25.6 Å². The molecule has 7 nitrogen and oxygen atoms in total. The van der Waals surface area contributed by atoms with Crippen LogP contribution in [-0.2, 0) is 4.74 Å². The summed E-state index contributed by atoms with van der Waals surface area (Å²) in [7, 11) is 1.57. The van der Waals surface area contributed by atoms with Gasteiger partial charge < -0.3 is 19.5 Å². The number of hydrogen-bond acceptors (Lipinski definition) is 7. The zero-order valence-corrected chi connectivity index (χ0v) is 17.6. The van der Waals surface area contributed by atoms with Crippen molar-refractivity contribution in [1.82, 2.24) is 15.0 Å². The number of halogens is 1. The highest BCUT2D eigenvalue weighted by molar-refractivity contribution is 6.33. The highest BCUT2D eigenvalue weighted by atomic mass is 35.5. The second-order valence-electron chi connectivity index (χ2n) is 7.82. The molecule has 2 aliphatic rings. The molecule has 0 bridgehead atoms. The van der Waals surface area contributed by atoms with Gasteiger partial charge in [-0.3, -0.25) is 0 Å². The van der Waals surface area contributed by atoms with Crippen LogP contribution in [0.2, 0.25) is 5.02 Å². The molecule has 0 aromatic carbocycles. The summed E-state index contributed by atoms with van der Waals surface area (Å²) in [5.74, 6) is 2.34. The van der Waals surface area contributed by atoms with Gasteiger partial charge in [-0.1, -0.05) is 18.5 Å². The average Bonchev–Trinajstić information content (AvgIpc) is 3.24. The first-order valence-corrected chi connectivity index (χ1v) is 10.6. The van der Waals surface area contributed by atoms with Crippen molar-refractivity contribution in [2.75, 3.05) is 25.6 Å². The number of anilines is 1. The van der Waals surface area contributed by atoms with Crippen LogP contribution in [0.25, 0.3) is 11.1 Å². The van der Waals surface area contributed by atoms with Crippen molar-refractivity contribution < 1.29 is 14.2 Å². The van der Waals surface area contributed by atoms with Crippen LogP contribution in [0.4, 0.5) is 5.95 Å². The largest absolute Gasteiger partial charge is 0.481 e. The predicted octanol–water partition coefficient (Wildman–Crippen LogP) is 4.36. The van der Waals surface area contributed by atoms with Gasteiger partial charge in [-0.05, 0) is 31.6 Å². The number of nitrogens with one attached hydrogen (secondary N) is 1. The minimum absolute atomic E-state index is 0.0328. The van der Waals surface area contributed by atoms with E-state index in [0.717, 1.165) is 30.7 Å². The zero-order chi connectivity index (χ0) is 20.2. The summed E-state index contributed by atoms with van der Waals surface area (Å²) in [5.41, 5.74) is 1.44. The van der Waals surface area contributed by atoms with Crippen molar-refractivity contribution in [2.24, 2.45) is 5.92 Å². The Hall–Kier alpha value is -2.12. The van der Waals surface area contributed by atoms with E-state index < -0.39 is 0 Å². The molecular formula is C21H27ClN4O3. The van der Waals surface area contributed by atoms with E-state index in [0.29, 0.717) is 47.6 Å². The molecule has 1 atom stereocenters. The van der Waals surface area contributed by atoms with Crippen LogP contribution in [0, 0.1) is 5.92 Å². The van der Waals surface area contributed by atoms with E-state index in [9.17, 15) is 0 Å². The van der Waals surface area contributed by atoms with Crippen molar-refractivity contribution in [3.8, 4) is 22.9 Å². The first-order chi connectivity index (χ1) is 14.1. The van der Waals surface area contributed by atoms with E-state index in [1.807, 2.05) is 0 Å². The molecule has 1 N–H and O–H groups in total. The summed E-state index contributed by atoms with van der Waals surface area (Å²) in [6, 6.07) is 2.17. The van der Waals surface area contributed by atoms with Gasteiger partial charge in [0.15, 0.2) is 0 Å². The molecule has 8 heteroatoms. The molecule has 2 aromatic rings. The summed E-state index contributed by atoms with van der Waals surface area (Å²) in [6.45, 7) is 3.56. The Bertz CT molecular complexity index is 837. The molecule has 1 saturated heterocycles. The second-order valence-corrected chi connectivity index (χ2v) is 8.23. The van der Waals surface area contributed by atoms with E-state index in [2.05, 4.69) is 22.2 Å². The lowest BCUT2D eigenvalue weighted by molar-refractivity contribution is 0.138. The fourth-order valence-corrected chi connectivity index (χ4v) is 4.00. The van der Waals surface area contributed by atoms with Gasteiger partial charge in [-0.25, -0.2) is 9.97 Å². The maximum atomic E-state index is 6.42. The maximum absolute atomic E-state index is 6.42. The first-order valence-electron chi connectivity index (χ1n) is 10.2. The summed E-state index contributed by atoms with van der Waals surface area (Å²) in [6.07, 6.45) is 8.84. The number of hydrogen-bond donors (Lipinski definition) is 1. The highest BCUT2D eigenvalue weighted by Crippen LogP contribution is 2.36. The number of methoxy groups -OCH3 is 1. The number of rotatable bonds is 6. The summed E-state index contributed by atoms with van der Waals surface area (Å²) >= 11 is 6.42. The monoisotopic (exact) mass is 418 g/mol. The van der Waals surface area contributed by atoms with Gasteiger partial charge in [0.05, 0.1) is 37.1 Å². The number of pyridine rings is 1. The van der Waals surface area contributed by atoms with Crippen LogP contribution < -0.4 is 14.8 Å². The van der Waals surface area contributed by atoms with Crippen LogP contribution in [0.5, 0.6) is 11.8 Å². The van der Waals surface area contributed by atoms with Crippen LogP contribution in [0.15, 0.2) is 18.5 Å². The number of ether oxygens (including phenoxy) is 3. The minimum Gasteiger partial charge on any atom is -0.481 e. The molecule has 4 rings (SSSR count). The quantitative estimate of drug-likeness (QED) is 0.746. The Morgan fingerprint density at radius 1 is 1.10 bits per heavy atom. The maximum Gasteiger partial charge on any atom is 0.226 e. The Morgan fingerprint density at radius 2 is 1.93 bits per heavy atom. The van der Waals surface area contributed by atoms with Gasteiger partial charge in [0, 0.05) is 30.3 Å². The topological polar surface area (TPSA) is 78.4 Å². The van der Waals surface area contributed by atoms with E-state index in [4.69, 9.17) is 30.8 Å². The van der Waals surface area contributed by atoms with Crippen molar-refractivity contribution in [2.45, 2.75) is 51.2 Å². The smallest absolute Gasteiger partial charge is 0.226 e. The van der Waals surface area contributed by atoms with Crippen LogP contribution >= 0.6 is 11.6 Å².